The monoisotopic (exact) mass is 405 g/mol. The Morgan fingerprint density at radius 2 is 1.71 bits per heavy atom. The number of nitriles is 1. The zero-order valence-corrected chi connectivity index (χ0v) is 15.5. The van der Waals surface area contributed by atoms with E-state index >= 15 is 0 Å². The number of rotatable bonds is 4. The Bertz CT molecular complexity index is 853. The molecule has 0 bridgehead atoms. The lowest BCUT2D eigenvalue weighted by atomic mass is 10.0. The number of aliphatic hydroxyl groups excluding tert-OH is 4. The Morgan fingerprint density at radius 1 is 1.04 bits per heavy atom. The largest absolute Gasteiger partial charge is 0.484 e. The highest BCUT2D eigenvalue weighted by molar-refractivity contribution is 6.32. The van der Waals surface area contributed by atoms with E-state index < -0.39 is 37.1 Å². The van der Waals surface area contributed by atoms with Gasteiger partial charge in [0, 0.05) is 0 Å². The second-order valence-electron chi connectivity index (χ2n) is 6.52. The van der Waals surface area contributed by atoms with Crippen molar-refractivity contribution in [1.29, 1.82) is 5.26 Å². The molecular formula is C20H20ClNO6. The van der Waals surface area contributed by atoms with Gasteiger partial charge in [-0.1, -0.05) is 29.8 Å². The third-order valence-electron chi connectivity index (χ3n) is 4.67. The van der Waals surface area contributed by atoms with Gasteiger partial charge in [0.25, 0.3) is 0 Å². The Labute approximate surface area is 167 Å². The van der Waals surface area contributed by atoms with Crippen molar-refractivity contribution in [3.8, 4) is 22.9 Å². The standard InChI is InChI=1S/C20H20ClNO6/c21-14-7-13(12-3-1-11(8-22)2-4-12)5-6-15(14)28-17-10-27-16(9-23)18(24)20(26)19(17)25/h1-7,16-20,23-26H,9-10H2/t16-,17+,18-,19-,20+/m1/s1. The summed E-state index contributed by atoms with van der Waals surface area (Å²) in [5, 5.41) is 48.6. The number of hydrogen-bond acceptors (Lipinski definition) is 7. The molecule has 0 radical (unpaired) electrons. The van der Waals surface area contributed by atoms with Crippen LogP contribution in [0.25, 0.3) is 11.1 Å². The topological polar surface area (TPSA) is 123 Å². The summed E-state index contributed by atoms with van der Waals surface area (Å²) < 4.78 is 11.0. The molecule has 0 aromatic heterocycles. The molecule has 1 aliphatic heterocycles. The van der Waals surface area contributed by atoms with E-state index in [0.29, 0.717) is 5.56 Å². The fraction of sp³-hybridized carbons (Fsp3) is 0.350. The van der Waals surface area contributed by atoms with E-state index in [9.17, 15) is 20.4 Å². The summed E-state index contributed by atoms with van der Waals surface area (Å²) in [5.74, 6) is 0.274. The zero-order valence-electron chi connectivity index (χ0n) is 14.8. The molecule has 0 spiro atoms. The van der Waals surface area contributed by atoms with Gasteiger partial charge < -0.3 is 29.9 Å². The molecule has 1 saturated heterocycles. The van der Waals surface area contributed by atoms with E-state index in [4.69, 9.17) is 26.3 Å². The molecule has 148 valence electrons. The predicted molar refractivity (Wildman–Crippen MR) is 101 cm³/mol. The van der Waals surface area contributed by atoms with Gasteiger partial charge in [-0.2, -0.15) is 5.26 Å². The highest BCUT2D eigenvalue weighted by Gasteiger charge is 2.41. The average molecular weight is 406 g/mol. The van der Waals surface area contributed by atoms with E-state index in [1.807, 2.05) is 0 Å². The Kier molecular flexibility index (Phi) is 6.52. The van der Waals surface area contributed by atoms with Crippen molar-refractivity contribution in [2.45, 2.75) is 30.5 Å². The molecular weight excluding hydrogens is 386 g/mol. The third-order valence-corrected chi connectivity index (χ3v) is 4.97. The van der Waals surface area contributed by atoms with Crippen LogP contribution in [0.2, 0.25) is 5.02 Å². The fourth-order valence-electron chi connectivity index (χ4n) is 3.00. The van der Waals surface area contributed by atoms with Crippen LogP contribution < -0.4 is 4.74 Å². The Hall–Kier alpha value is -2.18. The lowest BCUT2D eigenvalue weighted by Gasteiger charge is -2.26. The summed E-state index contributed by atoms with van der Waals surface area (Å²) in [7, 11) is 0. The number of ether oxygens (including phenoxy) is 2. The molecule has 5 atom stereocenters. The van der Waals surface area contributed by atoms with Crippen LogP contribution in [0.5, 0.6) is 5.75 Å². The van der Waals surface area contributed by atoms with Gasteiger partial charge in [0.2, 0.25) is 0 Å². The maximum Gasteiger partial charge on any atom is 0.150 e. The second-order valence-corrected chi connectivity index (χ2v) is 6.92. The summed E-state index contributed by atoms with van der Waals surface area (Å²) in [6.45, 7) is -0.647. The zero-order chi connectivity index (χ0) is 20.3. The smallest absolute Gasteiger partial charge is 0.150 e. The Morgan fingerprint density at radius 3 is 2.32 bits per heavy atom. The number of aliphatic hydroxyl groups is 4. The van der Waals surface area contributed by atoms with E-state index in [-0.39, 0.29) is 17.4 Å². The molecule has 1 aliphatic rings. The first-order valence-corrected chi connectivity index (χ1v) is 9.05. The van der Waals surface area contributed by atoms with Crippen LogP contribution >= 0.6 is 11.6 Å². The van der Waals surface area contributed by atoms with Crippen LogP contribution in [0.3, 0.4) is 0 Å². The van der Waals surface area contributed by atoms with E-state index in [1.165, 1.54) is 0 Å². The summed E-state index contributed by atoms with van der Waals surface area (Å²) in [6.07, 6.45) is -6.42. The summed E-state index contributed by atoms with van der Waals surface area (Å²) >= 11 is 6.31. The first kappa shape index (κ1) is 20.6. The van der Waals surface area contributed by atoms with Crippen LogP contribution in [0.4, 0.5) is 0 Å². The summed E-state index contributed by atoms with van der Waals surface area (Å²) in [6, 6.07) is 14.2. The molecule has 2 aromatic rings. The molecule has 7 nitrogen and oxygen atoms in total. The molecule has 3 rings (SSSR count). The molecule has 4 N–H and O–H groups in total. The van der Waals surface area contributed by atoms with Crippen molar-refractivity contribution in [2.75, 3.05) is 13.2 Å². The highest BCUT2D eigenvalue weighted by Crippen LogP contribution is 2.32. The molecule has 0 unspecified atom stereocenters. The minimum Gasteiger partial charge on any atom is -0.484 e. The number of hydrogen-bond donors (Lipinski definition) is 4. The Balaban J connectivity index is 1.78. The van der Waals surface area contributed by atoms with Crippen molar-refractivity contribution in [3.63, 3.8) is 0 Å². The minimum atomic E-state index is -1.54. The van der Waals surface area contributed by atoms with Gasteiger partial charge in [-0.05, 0) is 35.4 Å². The average Bonchev–Trinajstić information content (AvgIpc) is 2.82. The van der Waals surface area contributed by atoms with Crippen molar-refractivity contribution >= 4 is 11.6 Å². The van der Waals surface area contributed by atoms with Gasteiger partial charge in [-0.3, -0.25) is 0 Å². The molecule has 0 amide bonds. The van der Waals surface area contributed by atoms with Crippen LogP contribution in [-0.2, 0) is 4.74 Å². The van der Waals surface area contributed by atoms with Crippen molar-refractivity contribution in [2.24, 2.45) is 0 Å². The third kappa shape index (κ3) is 4.28. The van der Waals surface area contributed by atoms with Crippen LogP contribution in [0.1, 0.15) is 5.56 Å². The van der Waals surface area contributed by atoms with Gasteiger partial charge in [-0.25, -0.2) is 0 Å². The molecule has 0 aliphatic carbocycles. The maximum absolute atomic E-state index is 10.3. The van der Waals surface area contributed by atoms with E-state index in [0.717, 1.165) is 11.1 Å². The quantitative estimate of drug-likeness (QED) is 0.600. The summed E-state index contributed by atoms with van der Waals surface area (Å²) in [4.78, 5) is 0. The van der Waals surface area contributed by atoms with Crippen LogP contribution in [-0.4, -0.2) is 64.2 Å². The van der Waals surface area contributed by atoms with Gasteiger partial charge in [-0.15, -0.1) is 0 Å². The molecule has 1 heterocycles. The fourth-order valence-corrected chi connectivity index (χ4v) is 3.22. The molecule has 28 heavy (non-hydrogen) atoms. The van der Waals surface area contributed by atoms with E-state index in [1.54, 1.807) is 42.5 Å². The predicted octanol–water partition coefficient (Wildman–Crippen LogP) is 1.10. The SMILES string of the molecule is N#Cc1ccc(-c2ccc(O[C@H]3CO[C@H](CO)[C@@H](O)[C@H](O)[C@@H]3O)c(Cl)c2)cc1. The number of nitrogens with zero attached hydrogens (tertiary/aromatic N) is 1. The first-order valence-electron chi connectivity index (χ1n) is 8.68. The second kappa shape index (κ2) is 8.88. The number of benzene rings is 2. The normalized spacial score (nSPS) is 27.6. The lowest BCUT2D eigenvalue weighted by Crippen LogP contribution is -2.48. The maximum atomic E-state index is 10.3. The molecule has 8 heteroatoms. The summed E-state index contributed by atoms with van der Waals surface area (Å²) in [5.41, 5.74) is 2.24. The van der Waals surface area contributed by atoms with Crippen molar-refractivity contribution in [1.82, 2.24) is 0 Å². The van der Waals surface area contributed by atoms with Gasteiger partial charge >= 0.3 is 0 Å². The van der Waals surface area contributed by atoms with Gasteiger partial charge in [0.1, 0.15) is 30.2 Å². The minimum absolute atomic E-state index is 0.145. The number of halogens is 1. The molecule has 2 aromatic carbocycles. The lowest BCUT2D eigenvalue weighted by molar-refractivity contribution is -0.108. The van der Waals surface area contributed by atoms with Crippen molar-refractivity contribution in [3.05, 3.63) is 53.1 Å². The first-order chi connectivity index (χ1) is 13.4. The van der Waals surface area contributed by atoms with Crippen LogP contribution in [0, 0.1) is 11.3 Å². The molecule has 0 saturated carbocycles. The molecule has 1 fully saturated rings. The highest BCUT2D eigenvalue weighted by atomic mass is 35.5. The van der Waals surface area contributed by atoms with Crippen LogP contribution in [0.15, 0.2) is 42.5 Å². The van der Waals surface area contributed by atoms with Gasteiger partial charge in [0.05, 0.1) is 29.9 Å². The van der Waals surface area contributed by atoms with E-state index in [2.05, 4.69) is 6.07 Å². The van der Waals surface area contributed by atoms with Crippen molar-refractivity contribution < 1.29 is 29.9 Å². The van der Waals surface area contributed by atoms with Gasteiger partial charge in [0.15, 0.2) is 6.10 Å².